The summed E-state index contributed by atoms with van der Waals surface area (Å²) in [4.78, 5) is 20.9. The van der Waals surface area contributed by atoms with Crippen molar-refractivity contribution in [3.8, 4) is 11.1 Å². The summed E-state index contributed by atoms with van der Waals surface area (Å²) >= 11 is 0.857. The standard InChI is InChI=1S/C25H20F4N4OS/c1-25(2,3)23(34)32-24-30-12-14-10-13(4-8-19(14)31-24)21-17(27)7-9-20(22(21)29)33-35-15-5-6-16(26)18(28)11-15/h4-12,33H,1-3H3,(H,30,31,32,34). The topological polar surface area (TPSA) is 66.9 Å². The van der Waals surface area contributed by atoms with Crippen molar-refractivity contribution in [2.45, 2.75) is 25.7 Å². The Morgan fingerprint density at radius 3 is 2.37 bits per heavy atom. The Labute approximate surface area is 203 Å². The lowest BCUT2D eigenvalue weighted by Crippen LogP contribution is -2.28. The number of carbonyl (C=O) groups is 1. The number of carbonyl (C=O) groups excluding carboxylic acids is 1. The molecule has 0 spiro atoms. The highest BCUT2D eigenvalue weighted by atomic mass is 32.2. The van der Waals surface area contributed by atoms with Crippen LogP contribution in [0.15, 0.2) is 59.6 Å². The molecule has 0 radical (unpaired) electrons. The van der Waals surface area contributed by atoms with E-state index in [0.29, 0.717) is 15.8 Å². The SMILES string of the molecule is CC(C)(C)C(=O)Nc1ncc2cc(-c3c(F)ccc(NSc4ccc(F)c(F)c4)c3F)ccc2n1. The molecule has 0 saturated carbocycles. The first-order valence-corrected chi connectivity index (χ1v) is 11.3. The Morgan fingerprint density at radius 1 is 0.914 bits per heavy atom. The fraction of sp³-hybridized carbons (Fsp3) is 0.160. The molecule has 0 aliphatic heterocycles. The van der Waals surface area contributed by atoms with Gasteiger partial charge >= 0.3 is 0 Å². The Hall–Kier alpha value is -3.66. The van der Waals surface area contributed by atoms with Crippen molar-refractivity contribution in [2.24, 2.45) is 5.41 Å². The molecule has 2 N–H and O–H groups in total. The van der Waals surface area contributed by atoms with Crippen molar-refractivity contribution < 1.29 is 22.4 Å². The van der Waals surface area contributed by atoms with Crippen LogP contribution in [-0.2, 0) is 4.79 Å². The summed E-state index contributed by atoms with van der Waals surface area (Å²) in [6.45, 7) is 5.29. The molecular formula is C25H20F4N4OS. The van der Waals surface area contributed by atoms with Gasteiger partial charge in [0, 0.05) is 21.9 Å². The van der Waals surface area contributed by atoms with E-state index in [2.05, 4.69) is 20.0 Å². The van der Waals surface area contributed by atoms with Gasteiger partial charge in [0.25, 0.3) is 0 Å². The maximum absolute atomic E-state index is 15.3. The maximum Gasteiger partial charge on any atom is 0.232 e. The minimum Gasteiger partial charge on any atom is -0.323 e. The molecule has 1 aromatic heterocycles. The Morgan fingerprint density at radius 2 is 1.66 bits per heavy atom. The molecule has 10 heteroatoms. The van der Waals surface area contributed by atoms with Crippen LogP contribution < -0.4 is 10.0 Å². The molecule has 0 unspecified atom stereocenters. The number of hydrogen-bond donors (Lipinski definition) is 2. The van der Waals surface area contributed by atoms with Gasteiger partial charge in [-0.3, -0.25) is 10.1 Å². The Bertz CT molecular complexity index is 1440. The lowest BCUT2D eigenvalue weighted by Gasteiger charge is -2.16. The lowest BCUT2D eigenvalue weighted by atomic mass is 9.96. The first-order valence-electron chi connectivity index (χ1n) is 10.5. The molecule has 4 aromatic rings. The van der Waals surface area contributed by atoms with E-state index < -0.39 is 28.7 Å². The molecular weight excluding hydrogens is 480 g/mol. The fourth-order valence-corrected chi connectivity index (χ4v) is 3.77. The smallest absolute Gasteiger partial charge is 0.232 e. The molecule has 0 atom stereocenters. The molecule has 35 heavy (non-hydrogen) atoms. The molecule has 1 heterocycles. The van der Waals surface area contributed by atoms with Gasteiger partial charge in [-0.1, -0.05) is 26.8 Å². The van der Waals surface area contributed by atoms with Crippen LogP contribution in [-0.4, -0.2) is 15.9 Å². The third-order valence-corrected chi connectivity index (χ3v) is 5.85. The number of anilines is 2. The second kappa shape index (κ2) is 9.53. The zero-order valence-corrected chi connectivity index (χ0v) is 19.7. The number of nitrogens with one attached hydrogen (secondary N) is 2. The number of amides is 1. The summed E-state index contributed by atoms with van der Waals surface area (Å²) in [6.07, 6.45) is 1.46. The fourth-order valence-electron chi connectivity index (χ4n) is 3.09. The predicted molar refractivity (Wildman–Crippen MR) is 129 cm³/mol. The van der Waals surface area contributed by atoms with Gasteiger partial charge in [0.2, 0.25) is 11.9 Å². The van der Waals surface area contributed by atoms with E-state index in [1.165, 1.54) is 24.4 Å². The van der Waals surface area contributed by atoms with Gasteiger partial charge in [-0.15, -0.1) is 0 Å². The number of fused-ring (bicyclic) bond motifs is 1. The highest BCUT2D eigenvalue weighted by molar-refractivity contribution is 8.00. The van der Waals surface area contributed by atoms with Gasteiger partial charge in [-0.25, -0.2) is 27.5 Å². The number of aromatic nitrogens is 2. The molecule has 5 nitrogen and oxygen atoms in total. The second-order valence-electron chi connectivity index (χ2n) is 8.74. The second-order valence-corrected chi connectivity index (χ2v) is 9.61. The van der Waals surface area contributed by atoms with Crippen LogP contribution in [0.1, 0.15) is 20.8 Å². The molecule has 0 fully saturated rings. The lowest BCUT2D eigenvalue weighted by molar-refractivity contribution is -0.123. The maximum atomic E-state index is 15.3. The van der Waals surface area contributed by atoms with Gasteiger partial charge in [-0.05, 0) is 60.0 Å². The van der Waals surface area contributed by atoms with Crippen LogP contribution in [0.25, 0.3) is 22.0 Å². The third kappa shape index (κ3) is 5.37. The van der Waals surface area contributed by atoms with Gasteiger partial charge in [0.1, 0.15) is 5.82 Å². The summed E-state index contributed by atoms with van der Waals surface area (Å²) in [7, 11) is 0. The minimum absolute atomic E-state index is 0.0345. The van der Waals surface area contributed by atoms with Gasteiger partial charge in [0.15, 0.2) is 17.5 Å². The Balaban J connectivity index is 1.61. The minimum atomic E-state index is -1.03. The van der Waals surface area contributed by atoms with E-state index in [4.69, 9.17) is 0 Å². The van der Waals surface area contributed by atoms with Crippen molar-refractivity contribution >= 4 is 40.4 Å². The molecule has 0 aliphatic rings. The first kappa shape index (κ1) is 24.5. The molecule has 4 rings (SSSR count). The van der Waals surface area contributed by atoms with E-state index in [1.54, 1.807) is 32.9 Å². The number of hydrogen-bond acceptors (Lipinski definition) is 5. The predicted octanol–water partition coefficient (Wildman–Crippen LogP) is 6.96. The van der Waals surface area contributed by atoms with Crippen LogP contribution in [0.5, 0.6) is 0 Å². The molecule has 3 aromatic carbocycles. The zero-order valence-electron chi connectivity index (χ0n) is 18.9. The highest BCUT2D eigenvalue weighted by Crippen LogP contribution is 2.34. The van der Waals surface area contributed by atoms with E-state index in [0.717, 1.165) is 30.1 Å². The highest BCUT2D eigenvalue weighted by Gasteiger charge is 2.22. The van der Waals surface area contributed by atoms with E-state index in [-0.39, 0.29) is 28.7 Å². The van der Waals surface area contributed by atoms with Gasteiger partial charge in [-0.2, -0.15) is 0 Å². The normalized spacial score (nSPS) is 11.5. The first-order chi connectivity index (χ1) is 16.5. The van der Waals surface area contributed by atoms with Crippen molar-refractivity contribution in [3.05, 3.63) is 78.0 Å². The van der Waals surface area contributed by atoms with Crippen molar-refractivity contribution in [1.82, 2.24) is 9.97 Å². The quantitative estimate of drug-likeness (QED) is 0.229. The van der Waals surface area contributed by atoms with Crippen molar-refractivity contribution in [3.63, 3.8) is 0 Å². The van der Waals surface area contributed by atoms with E-state index >= 15 is 4.39 Å². The summed E-state index contributed by atoms with van der Waals surface area (Å²) in [5.74, 6) is -3.77. The number of rotatable bonds is 5. The molecule has 1 amide bonds. The summed E-state index contributed by atoms with van der Waals surface area (Å²) in [5, 5.41) is 3.16. The Kier molecular flexibility index (Phi) is 6.66. The third-order valence-electron chi connectivity index (χ3n) is 5.04. The summed E-state index contributed by atoms with van der Waals surface area (Å²) < 4.78 is 59.1. The molecule has 0 bridgehead atoms. The molecule has 0 saturated heterocycles. The molecule has 180 valence electrons. The van der Waals surface area contributed by atoms with Crippen LogP contribution in [0, 0.1) is 28.7 Å². The van der Waals surface area contributed by atoms with E-state index in [9.17, 15) is 18.0 Å². The monoisotopic (exact) mass is 500 g/mol. The number of halogens is 4. The van der Waals surface area contributed by atoms with Crippen LogP contribution in [0.3, 0.4) is 0 Å². The van der Waals surface area contributed by atoms with E-state index in [1.807, 2.05) is 0 Å². The van der Waals surface area contributed by atoms with Gasteiger partial charge in [0.05, 0.1) is 16.8 Å². The summed E-state index contributed by atoms with van der Waals surface area (Å²) in [5.41, 5.74) is -0.194. The number of benzene rings is 3. The van der Waals surface area contributed by atoms with Crippen LogP contribution in [0.4, 0.5) is 29.2 Å². The van der Waals surface area contributed by atoms with Crippen molar-refractivity contribution in [2.75, 3.05) is 10.0 Å². The zero-order chi connectivity index (χ0) is 25.3. The van der Waals surface area contributed by atoms with Crippen molar-refractivity contribution in [1.29, 1.82) is 0 Å². The number of nitrogens with zero attached hydrogens (tertiary/aromatic N) is 2. The summed E-state index contributed by atoms with van der Waals surface area (Å²) in [6, 6.07) is 10.2. The molecule has 0 aliphatic carbocycles. The van der Waals surface area contributed by atoms with Gasteiger partial charge < -0.3 is 4.72 Å². The average Bonchev–Trinajstić information content (AvgIpc) is 2.80. The average molecular weight is 501 g/mol. The van der Waals surface area contributed by atoms with Crippen LogP contribution in [0.2, 0.25) is 0 Å². The largest absolute Gasteiger partial charge is 0.323 e. The van der Waals surface area contributed by atoms with Crippen LogP contribution >= 0.6 is 11.9 Å².